The number of halogens is 2. The Kier molecular flexibility index (Phi) is 7.74. The van der Waals surface area contributed by atoms with Crippen molar-refractivity contribution in [1.29, 1.82) is 0 Å². The van der Waals surface area contributed by atoms with Crippen LogP contribution in [0, 0.1) is 18.6 Å². The highest BCUT2D eigenvalue weighted by atomic mass is 32.2. The number of nitrogens with zero attached hydrogens (tertiary/aromatic N) is 4. The lowest BCUT2D eigenvalue weighted by Gasteiger charge is -2.29. The van der Waals surface area contributed by atoms with E-state index in [4.69, 9.17) is 5.73 Å². The van der Waals surface area contributed by atoms with E-state index in [1.807, 2.05) is 6.92 Å². The van der Waals surface area contributed by atoms with Gasteiger partial charge in [0.25, 0.3) is 0 Å². The summed E-state index contributed by atoms with van der Waals surface area (Å²) in [6, 6.07) is 14.9. The molecule has 3 aromatic carbocycles. The SMILES string of the molecule is Cc1ccc(S(=O)(=O)N(Cc2ccc(-n3cncn3)cc2)C(CCc2cc(F)cc(F)c2)C(N)=O)cc1. The Labute approximate surface area is 213 Å². The van der Waals surface area contributed by atoms with Gasteiger partial charge in [-0.1, -0.05) is 29.8 Å². The van der Waals surface area contributed by atoms with E-state index in [0.717, 1.165) is 28.1 Å². The molecule has 1 unspecified atom stereocenters. The number of primary amides is 1. The Balaban J connectivity index is 1.68. The predicted molar refractivity (Wildman–Crippen MR) is 133 cm³/mol. The molecule has 1 aromatic heterocycles. The lowest BCUT2D eigenvalue weighted by atomic mass is 10.0. The summed E-state index contributed by atoms with van der Waals surface area (Å²) in [5, 5.41) is 4.06. The lowest BCUT2D eigenvalue weighted by molar-refractivity contribution is -0.122. The van der Waals surface area contributed by atoms with E-state index in [1.165, 1.54) is 24.8 Å². The van der Waals surface area contributed by atoms with Crippen molar-refractivity contribution in [3.05, 3.63) is 108 Å². The maximum Gasteiger partial charge on any atom is 0.244 e. The Morgan fingerprint density at radius 3 is 2.22 bits per heavy atom. The van der Waals surface area contributed by atoms with Crippen molar-refractivity contribution in [2.24, 2.45) is 5.73 Å². The molecule has 1 heterocycles. The van der Waals surface area contributed by atoms with Gasteiger partial charge in [0.05, 0.1) is 10.6 Å². The van der Waals surface area contributed by atoms with Crippen LogP contribution in [-0.4, -0.2) is 39.4 Å². The van der Waals surface area contributed by atoms with Crippen LogP contribution in [0.3, 0.4) is 0 Å². The number of aryl methyl sites for hydroxylation is 2. The van der Waals surface area contributed by atoms with Gasteiger partial charge in [-0.2, -0.15) is 9.40 Å². The summed E-state index contributed by atoms with van der Waals surface area (Å²) in [7, 11) is -4.18. The van der Waals surface area contributed by atoms with Gasteiger partial charge in [-0.15, -0.1) is 0 Å². The van der Waals surface area contributed by atoms with E-state index < -0.39 is 33.6 Å². The number of carbonyl (C=O) groups excluding carboxylic acids is 1. The van der Waals surface area contributed by atoms with Crippen LogP contribution >= 0.6 is 0 Å². The van der Waals surface area contributed by atoms with E-state index in [0.29, 0.717) is 11.3 Å². The van der Waals surface area contributed by atoms with E-state index in [-0.39, 0.29) is 29.8 Å². The van der Waals surface area contributed by atoms with Gasteiger partial charge in [-0.05, 0) is 67.3 Å². The Morgan fingerprint density at radius 2 is 1.65 bits per heavy atom. The summed E-state index contributed by atoms with van der Waals surface area (Å²) in [5.41, 5.74) is 8.16. The fourth-order valence-corrected chi connectivity index (χ4v) is 5.58. The monoisotopic (exact) mass is 525 g/mol. The van der Waals surface area contributed by atoms with E-state index in [2.05, 4.69) is 10.1 Å². The molecule has 1 amide bonds. The first kappa shape index (κ1) is 26.1. The Bertz CT molecular complexity index is 1460. The molecular weight excluding hydrogens is 500 g/mol. The molecule has 0 aliphatic carbocycles. The summed E-state index contributed by atoms with van der Waals surface area (Å²) in [4.78, 5) is 16.5. The number of benzene rings is 3. The van der Waals surface area contributed by atoms with Gasteiger partial charge < -0.3 is 5.73 Å². The molecular formula is C26H25F2N5O3S. The standard InChI is InChI=1S/C26H25F2N5O3S/c1-18-2-9-24(10-3-18)37(35,36)33(15-19-4-7-23(8-5-19)32-17-30-16-31-32)25(26(29)34)11-6-20-12-21(27)14-22(28)13-20/h2-5,7-10,12-14,16-17,25H,6,11,15H2,1H3,(H2,29,34). The first-order valence-corrected chi connectivity index (χ1v) is 12.8. The number of carbonyl (C=O) groups is 1. The predicted octanol–water partition coefficient (Wildman–Crippen LogP) is 3.53. The number of nitrogens with two attached hydrogens (primary N) is 1. The zero-order valence-corrected chi connectivity index (χ0v) is 20.8. The average molecular weight is 526 g/mol. The number of rotatable bonds is 10. The smallest absolute Gasteiger partial charge is 0.244 e. The molecule has 0 bridgehead atoms. The van der Waals surface area contributed by atoms with Crippen LogP contribution in [-0.2, 0) is 27.8 Å². The molecule has 0 radical (unpaired) electrons. The van der Waals surface area contributed by atoms with Gasteiger partial charge in [-0.3, -0.25) is 4.79 Å². The molecule has 0 saturated heterocycles. The molecule has 11 heteroatoms. The zero-order chi connectivity index (χ0) is 26.6. The average Bonchev–Trinajstić information content (AvgIpc) is 3.38. The molecule has 2 N–H and O–H groups in total. The number of amides is 1. The zero-order valence-electron chi connectivity index (χ0n) is 20.0. The highest BCUT2D eigenvalue weighted by Crippen LogP contribution is 2.25. The highest BCUT2D eigenvalue weighted by molar-refractivity contribution is 7.89. The summed E-state index contributed by atoms with van der Waals surface area (Å²) in [6.07, 6.45) is 2.89. The Hall–Kier alpha value is -3.96. The summed E-state index contributed by atoms with van der Waals surface area (Å²) in [5.74, 6) is -2.39. The second-order valence-electron chi connectivity index (χ2n) is 8.60. The van der Waals surface area contributed by atoms with Crippen molar-refractivity contribution < 1.29 is 22.0 Å². The van der Waals surface area contributed by atoms with E-state index >= 15 is 0 Å². The molecule has 0 saturated carbocycles. The molecule has 8 nitrogen and oxygen atoms in total. The van der Waals surface area contributed by atoms with Crippen molar-refractivity contribution >= 4 is 15.9 Å². The maximum absolute atomic E-state index is 13.7. The fraction of sp³-hybridized carbons (Fsp3) is 0.192. The van der Waals surface area contributed by atoms with Crippen LogP contribution < -0.4 is 5.73 Å². The summed E-state index contributed by atoms with van der Waals surface area (Å²) < 4.78 is 57.5. The van der Waals surface area contributed by atoms with Crippen molar-refractivity contribution in [2.75, 3.05) is 0 Å². The largest absolute Gasteiger partial charge is 0.368 e. The van der Waals surface area contributed by atoms with Crippen molar-refractivity contribution in [3.8, 4) is 5.69 Å². The third-order valence-corrected chi connectivity index (χ3v) is 7.76. The first-order chi connectivity index (χ1) is 17.6. The fourth-order valence-electron chi connectivity index (χ4n) is 3.97. The van der Waals surface area contributed by atoms with Crippen LogP contribution in [0.4, 0.5) is 8.78 Å². The number of aromatic nitrogens is 3. The van der Waals surface area contributed by atoms with Crippen molar-refractivity contribution in [2.45, 2.75) is 37.2 Å². The maximum atomic E-state index is 13.7. The van der Waals surface area contributed by atoms with E-state index in [1.54, 1.807) is 41.1 Å². The van der Waals surface area contributed by atoms with Gasteiger partial charge >= 0.3 is 0 Å². The molecule has 0 spiro atoms. The normalized spacial score (nSPS) is 12.5. The van der Waals surface area contributed by atoms with Gasteiger partial charge in [0.2, 0.25) is 15.9 Å². The van der Waals surface area contributed by atoms with Crippen LogP contribution in [0.15, 0.2) is 84.3 Å². The quantitative estimate of drug-likeness (QED) is 0.341. The van der Waals surface area contributed by atoms with Gasteiger partial charge in [0.1, 0.15) is 30.3 Å². The van der Waals surface area contributed by atoms with Crippen LogP contribution in [0.5, 0.6) is 0 Å². The number of hydrogen-bond acceptors (Lipinski definition) is 5. The summed E-state index contributed by atoms with van der Waals surface area (Å²) in [6.45, 7) is 1.67. The van der Waals surface area contributed by atoms with Gasteiger partial charge in [-0.25, -0.2) is 26.9 Å². The van der Waals surface area contributed by atoms with Crippen LogP contribution in [0.1, 0.15) is 23.1 Å². The van der Waals surface area contributed by atoms with Gasteiger partial charge in [0.15, 0.2) is 0 Å². The lowest BCUT2D eigenvalue weighted by Crippen LogP contribution is -2.47. The summed E-state index contributed by atoms with van der Waals surface area (Å²) >= 11 is 0. The molecule has 1 atom stereocenters. The molecule has 4 aromatic rings. The van der Waals surface area contributed by atoms with Crippen LogP contribution in [0.2, 0.25) is 0 Å². The molecule has 37 heavy (non-hydrogen) atoms. The van der Waals surface area contributed by atoms with Gasteiger partial charge in [0, 0.05) is 12.6 Å². The number of hydrogen-bond donors (Lipinski definition) is 1. The number of sulfonamides is 1. The highest BCUT2D eigenvalue weighted by Gasteiger charge is 2.35. The van der Waals surface area contributed by atoms with E-state index in [9.17, 15) is 22.0 Å². The van der Waals surface area contributed by atoms with Crippen molar-refractivity contribution in [3.63, 3.8) is 0 Å². The minimum atomic E-state index is -4.18. The van der Waals surface area contributed by atoms with Crippen LogP contribution in [0.25, 0.3) is 5.69 Å². The van der Waals surface area contributed by atoms with Crippen molar-refractivity contribution in [1.82, 2.24) is 19.1 Å². The molecule has 0 aliphatic rings. The third kappa shape index (κ3) is 6.25. The molecule has 192 valence electrons. The molecule has 0 fully saturated rings. The second kappa shape index (κ2) is 11.0. The molecule has 4 rings (SSSR count). The minimum absolute atomic E-state index is 0.000357. The Morgan fingerprint density at radius 1 is 1.00 bits per heavy atom. The second-order valence-corrected chi connectivity index (χ2v) is 10.5. The first-order valence-electron chi connectivity index (χ1n) is 11.4. The topological polar surface area (TPSA) is 111 Å². The third-order valence-electron chi connectivity index (χ3n) is 5.89. The molecule has 0 aliphatic heterocycles. The minimum Gasteiger partial charge on any atom is -0.368 e.